The number of hydrogen-bond donors (Lipinski definition) is 3. The topological polar surface area (TPSA) is 53.1 Å². The quantitative estimate of drug-likeness (QED) is 0.634. The molecular weight excluding hydrogens is 186 g/mol. The summed E-state index contributed by atoms with van der Waals surface area (Å²) in [5, 5.41) is 8.67. The lowest BCUT2D eigenvalue weighted by molar-refractivity contribution is -0.137. The van der Waals surface area contributed by atoms with Crippen LogP contribution in [0.15, 0.2) is 18.3 Å². The van der Waals surface area contributed by atoms with Gasteiger partial charge in [0.25, 0.3) is 0 Å². The molecule has 1 unspecified atom stereocenters. The molecule has 1 aromatic heterocycles. The predicted octanol–water partition coefficient (Wildman–Crippen LogP) is 1.89. The number of thiol groups is 1. The smallest absolute Gasteiger partial charge is 0.304 e. The Morgan fingerprint density at radius 1 is 1.69 bits per heavy atom. The van der Waals surface area contributed by atoms with Crippen molar-refractivity contribution in [3.63, 3.8) is 0 Å². The average molecular weight is 199 g/mol. The van der Waals surface area contributed by atoms with Gasteiger partial charge in [0.2, 0.25) is 0 Å². The van der Waals surface area contributed by atoms with E-state index < -0.39 is 5.97 Å². The first kappa shape index (κ1) is 10.2. The highest BCUT2D eigenvalue weighted by atomic mass is 32.1. The first-order valence-corrected chi connectivity index (χ1v) is 4.83. The Labute approximate surface area is 82.6 Å². The van der Waals surface area contributed by atoms with E-state index >= 15 is 0 Å². The molecule has 1 atom stereocenters. The molecule has 1 heterocycles. The first-order valence-electron chi connectivity index (χ1n) is 4.20. The number of aliphatic carboxylic acids is 1. The van der Waals surface area contributed by atoms with Crippen molar-refractivity contribution in [2.45, 2.75) is 18.8 Å². The van der Waals surface area contributed by atoms with E-state index in [2.05, 4.69) is 17.6 Å². The van der Waals surface area contributed by atoms with E-state index in [4.69, 9.17) is 5.11 Å². The summed E-state index contributed by atoms with van der Waals surface area (Å²) < 4.78 is 0. The van der Waals surface area contributed by atoms with E-state index in [0.29, 0.717) is 5.75 Å². The third-order valence-corrected chi connectivity index (χ3v) is 2.22. The minimum atomic E-state index is -0.763. The van der Waals surface area contributed by atoms with Crippen LogP contribution in [-0.2, 0) is 4.79 Å². The third-order valence-electron chi connectivity index (χ3n) is 1.96. The van der Waals surface area contributed by atoms with Crippen molar-refractivity contribution in [2.75, 3.05) is 5.75 Å². The van der Waals surface area contributed by atoms with Crippen molar-refractivity contribution in [1.82, 2.24) is 4.98 Å². The summed E-state index contributed by atoms with van der Waals surface area (Å²) in [7, 11) is 0. The van der Waals surface area contributed by atoms with Crippen LogP contribution in [-0.4, -0.2) is 21.8 Å². The van der Waals surface area contributed by atoms with Gasteiger partial charge in [-0.05, 0) is 24.3 Å². The van der Waals surface area contributed by atoms with Crippen molar-refractivity contribution in [3.05, 3.63) is 24.0 Å². The van der Waals surface area contributed by atoms with Crippen molar-refractivity contribution in [3.8, 4) is 0 Å². The van der Waals surface area contributed by atoms with Gasteiger partial charge in [-0.3, -0.25) is 4.79 Å². The second-order valence-electron chi connectivity index (χ2n) is 2.93. The number of hydrogen-bond acceptors (Lipinski definition) is 2. The Morgan fingerprint density at radius 3 is 2.92 bits per heavy atom. The van der Waals surface area contributed by atoms with Crippen LogP contribution in [0.5, 0.6) is 0 Å². The van der Waals surface area contributed by atoms with Crippen LogP contribution >= 0.6 is 12.6 Å². The molecule has 0 saturated heterocycles. The number of H-pyrrole nitrogens is 1. The number of aromatic amines is 1. The van der Waals surface area contributed by atoms with Gasteiger partial charge in [0.15, 0.2) is 0 Å². The lowest BCUT2D eigenvalue weighted by Crippen LogP contribution is -2.07. The summed E-state index contributed by atoms with van der Waals surface area (Å²) in [4.78, 5) is 13.6. The average Bonchev–Trinajstić information content (AvgIpc) is 2.54. The Morgan fingerprint density at radius 2 is 2.46 bits per heavy atom. The van der Waals surface area contributed by atoms with Gasteiger partial charge >= 0.3 is 5.97 Å². The Kier molecular flexibility index (Phi) is 3.89. The summed E-state index contributed by atoms with van der Waals surface area (Å²) in [6.07, 6.45) is 2.76. The van der Waals surface area contributed by atoms with Gasteiger partial charge in [-0.25, -0.2) is 0 Å². The maximum Gasteiger partial charge on any atom is 0.304 e. The van der Waals surface area contributed by atoms with Crippen molar-refractivity contribution in [2.24, 2.45) is 0 Å². The zero-order valence-electron chi connectivity index (χ0n) is 7.23. The van der Waals surface area contributed by atoms with Crippen LogP contribution in [0, 0.1) is 0 Å². The minimum Gasteiger partial charge on any atom is -0.481 e. The molecule has 0 aliphatic heterocycles. The molecule has 3 nitrogen and oxygen atoms in total. The maximum atomic E-state index is 10.5. The largest absolute Gasteiger partial charge is 0.481 e. The lowest BCUT2D eigenvalue weighted by atomic mass is 9.99. The van der Waals surface area contributed by atoms with E-state index in [9.17, 15) is 4.79 Å². The fourth-order valence-corrected chi connectivity index (χ4v) is 1.64. The highest BCUT2D eigenvalue weighted by Gasteiger charge is 2.14. The molecule has 2 N–H and O–H groups in total. The summed E-state index contributed by atoms with van der Waals surface area (Å²) in [6, 6.07) is 3.79. The second kappa shape index (κ2) is 4.97. The SMILES string of the molecule is O=C(O)CC(CCS)c1ccc[nH]1. The van der Waals surface area contributed by atoms with Gasteiger partial charge < -0.3 is 10.1 Å². The highest BCUT2D eigenvalue weighted by molar-refractivity contribution is 7.80. The zero-order chi connectivity index (χ0) is 9.68. The lowest BCUT2D eigenvalue weighted by Gasteiger charge is -2.11. The summed E-state index contributed by atoms with van der Waals surface area (Å²) in [5.74, 6) is 0.00290. The fraction of sp³-hybridized carbons (Fsp3) is 0.444. The maximum absolute atomic E-state index is 10.5. The number of carboxylic acids is 1. The minimum absolute atomic E-state index is 0.0602. The zero-order valence-corrected chi connectivity index (χ0v) is 8.13. The van der Waals surface area contributed by atoms with Gasteiger partial charge in [0.1, 0.15) is 0 Å². The summed E-state index contributed by atoms with van der Waals surface area (Å²) in [5.41, 5.74) is 0.983. The highest BCUT2D eigenvalue weighted by Crippen LogP contribution is 2.22. The Balaban J connectivity index is 2.62. The first-order chi connectivity index (χ1) is 6.24. The van der Waals surface area contributed by atoms with Crippen LogP contribution in [0.1, 0.15) is 24.5 Å². The summed E-state index contributed by atoms with van der Waals surface area (Å²) >= 11 is 4.11. The van der Waals surface area contributed by atoms with Crippen molar-refractivity contribution in [1.29, 1.82) is 0 Å². The van der Waals surface area contributed by atoms with Crippen molar-refractivity contribution >= 4 is 18.6 Å². The molecule has 0 radical (unpaired) electrons. The molecule has 0 spiro atoms. The molecule has 0 aromatic carbocycles. The Bertz CT molecular complexity index is 259. The molecule has 0 bridgehead atoms. The van der Waals surface area contributed by atoms with E-state index in [1.54, 1.807) is 0 Å². The van der Waals surface area contributed by atoms with Crippen LogP contribution in [0.2, 0.25) is 0 Å². The molecule has 0 aliphatic carbocycles. The molecular formula is C9H13NO2S. The molecule has 0 saturated carbocycles. The number of nitrogens with one attached hydrogen (secondary N) is 1. The van der Waals surface area contributed by atoms with E-state index in [1.807, 2.05) is 18.3 Å². The predicted molar refractivity (Wildman–Crippen MR) is 54.3 cm³/mol. The van der Waals surface area contributed by atoms with Crippen molar-refractivity contribution < 1.29 is 9.90 Å². The van der Waals surface area contributed by atoms with Gasteiger partial charge in [0, 0.05) is 17.8 Å². The number of carboxylic acid groups (broad SMARTS) is 1. The van der Waals surface area contributed by atoms with Gasteiger partial charge in [-0.1, -0.05) is 0 Å². The normalized spacial score (nSPS) is 12.7. The molecule has 1 rings (SSSR count). The third kappa shape index (κ3) is 3.14. The van der Waals surface area contributed by atoms with Crippen LogP contribution in [0.4, 0.5) is 0 Å². The molecule has 1 aromatic rings. The second-order valence-corrected chi connectivity index (χ2v) is 3.38. The van der Waals surface area contributed by atoms with Crippen LogP contribution < -0.4 is 0 Å². The summed E-state index contributed by atoms with van der Waals surface area (Å²) in [6.45, 7) is 0. The van der Waals surface area contributed by atoms with Gasteiger partial charge in [0.05, 0.1) is 6.42 Å². The molecule has 72 valence electrons. The van der Waals surface area contributed by atoms with E-state index in [-0.39, 0.29) is 12.3 Å². The Hall–Kier alpha value is -0.900. The monoisotopic (exact) mass is 199 g/mol. The molecule has 0 amide bonds. The van der Waals surface area contributed by atoms with Gasteiger partial charge in [-0.15, -0.1) is 0 Å². The number of carbonyl (C=O) groups is 1. The van der Waals surface area contributed by atoms with Crippen LogP contribution in [0.3, 0.4) is 0 Å². The van der Waals surface area contributed by atoms with Crippen LogP contribution in [0.25, 0.3) is 0 Å². The molecule has 0 aliphatic rings. The van der Waals surface area contributed by atoms with E-state index in [1.165, 1.54) is 0 Å². The molecule has 13 heavy (non-hydrogen) atoms. The molecule has 4 heteroatoms. The standard InChI is InChI=1S/C9H13NO2S/c11-9(12)6-7(3-5-13)8-2-1-4-10-8/h1-2,4,7,10,13H,3,5-6H2,(H,11,12). The number of rotatable bonds is 5. The van der Waals surface area contributed by atoms with Gasteiger partial charge in [-0.2, -0.15) is 12.6 Å². The molecule has 0 fully saturated rings. The number of aromatic nitrogens is 1. The fourth-order valence-electron chi connectivity index (χ4n) is 1.33. The van der Waals surface area contributed by atoms with E-state index in [0.717, 1.165) is 12.1 Å².